The first-order valence-electron chi connectivity index (χ1n) is 6.08. The minimum absolute atomic E-state index is 0.699. The second-order valence-electron chi connectivity index (χ2n) is 5.43. The van der Waals surface area contributed by atoms with Crippen molar-refractivity contribution in [3.05, 3.63) is 12.2 Å². The minimum atomic E-state index is 0.699. The molecule has 0 spiro atoms. The lowest BCUT2D eigenvalue weighted by Crippen LogP contribution is -2.26. The van der Waals surface area contributed by atoms with E-state index in [9.17, 15) is 0 Å². The van der Waals surface area contributed by atoms with Crippen molar-refractivity contribution in [2.75, 3.05) is 0 Å². The van der Waals surface area contributed by atoms with Crippen LogP contribution < -0.4 is 0 Å². The van der Waals surface area contributed by atoms with E-state index < -0.39 is 0 Å². The average molecular weight is 176 g/mol. The molecule has 13 heavy (non-hydrogen) atoms. The summed E-state index contributed by atoms with van der Waals surface area (Å²) in [5.41, 5.74) is 0.699. The van der Waals surface area contributed by atoms with Gasteiger partial charge in [0.15, 0.2) is 0 Å². The predicted molar refractivity (Wildman–Crippen MR) is 55.5 cm³/mol. The molecule has 0 N–H and O–H groups in total. The topological polar surface area (TPSA) is 0 Å². The van der Waals surface area contributed by atoms with E-state index in [2.05, 4.69) is 12.2 Å². The van der Waals surface area contributed by atoms with Crippen molar-refractivity contribution in [2.45, 2.75) is 51.4 Å². The Labute approximate surface area is 81.4 Å². The molecule has 0 nitrogen and oxygen atoms in total. The molecule has 0 aliphatic heterocycles. The zero-order chi connectivity index (χ0) is 8.73. The lowest BCUT2D eigenvalue weighted by molar-refractivity contribution is 0.179. The van der Waals surface area contributed by atoms with Crippen LogP contribution in [-0.2, 0) is 0 Å². The first-order chi connectivity index (χ1) is 6.39. The first-order valence-corrected chi connectivity index (χ1v) is 6.08. The van der Waals surface area contributed by atoms with Gasteiger partial charge in [0.05, 0.1) is 0 Å². The SMILES string of the molecule is C1=CC2(C3CCCCC3)CCC1C2. The largest absolute Gasteiger partial charge is 0.0848 e. The highest BCUT2D eigenvalue weighted by Gasteiger charge is 2.45. The smallest absolute Gasteiger partial charge is 0.00841 e. The van der Waals surface area contributed by atoms with Crippen LogP contribution in [0, 0.1) is 17.3 Å². The van der Waals surface area contributed by atoms with Crippen LogP contribution >= 0.6 is 0 Å². The monoisotopic (exact) mass is 176 g/mol. The highest BCUT2D eigenvalue weighted by Crippen LogP contribution is 2.56. The molecular weight excluding hydrogens is 156 g/mol. The lowest BCUT2D eigenvalue weighted by atomic mass is 9.68. The molecule has 2 bridgehead atoms. The third-order valence-electron chi connectivity index (χ3n) is 4.74. The van der Waals surface area contributed by atoms with Gasteiger partial charge in [0.2, 0.25) is 0 Å². The summed E-state index contributed by atoms with van der Waals surface area (Å²) in [5.74, 6) is 2.03. The van der Waals surface area contributed by atoms with Crippen molar-refractivity contribution in [3.8, 4) is 0 Å². The second-order valence-corrected chi connectivity index (χ2v) is 5.43. The highest BCUT2D eigenvalue weighted by atomic mass is 14.5. The lowest BCUT2D eigenvalue weighted by Gasteiger charge is -2.36. The van der Waals surface area contributed by atoms with Crippen LogP contribution in [0.5, 0.6) is 0 Å². The van der Waals surface area contributed by atoms with Gasteiger partial charge in [-0.15, -0.1) is 0 Å². The molecule has 3 aliphatic carbocycles. The van der Waals surface area contributed by atoms with Crippen molar-refractivity contribution in [3.63, 3.8) is 0 Å². The number of allylic oxidation sites excluding steroid dienone is 2. The molecule has 2 saturated carbocycles. The van der Waals surface area contributed by atoms with Gasteiger partial charge in [-0.3, -0.25) is 0 Å². The van der Waals surface area contributed by atoms with E-state index in [0.717, 1.165) is 11.8 Å². The fraction of sp³-hybridized carbons (Fsp3) is 0.846. The zero-order valence-corrected chi connectivity index (χ0v) is 8.47. The molecule has 2 fully saturated rings. The van der Waals surface area contributed by atoms with Crippen LogP contribution in [-0.4, -0.2) is 0 Å². The Morgan fingerprint density at radius 1 is 1.00 bits per heavy atom. The molecule has 0 heterocycles. The summed E-state index contributed by atoms with van der Waals surface area (Å²) < 4.78 is 0. The average Bonchev–Trinajstić information content (AvgIpc) is 2.80. The Morgan fingerprint density at radius 3 is 2.38 bits per heavy atom. The number of hydrogen-bond acceptors (Lipinski definition) is 0. The van der Waals surface area contributed by atoms with E-state index in [4.69, 9.17) is 0 Å². The van der Waals surface area contributed by atoms with Crippen molar-refractivity contribution in [1.82, 2.24) is 0 Å². The van der Waals surface area contributed by atoms with Gasteiger partial charge in [0.25, 0.3) is 0 Å². The molecule has 3 aliphatic rings. The Hall–Kier alpha value is -0.260. The maximum Gasteiger partial charge on any atom is -0.00841 e. The summed E-state index contributed by atoms with van der Waals surface area (Å²) >= 11 is 0. The van der Waals surface area contributed by atoms with Gasteiger partial charge >= 0.3 is 0 Å². The van der Waals surface area contributed by atoms with E-state index >= 15 is 0 Å². The Kier molecular flexibility index (Phi) is 1.78. The fourth-order valence-electron chi connectivity index (χ4n) is 3.97. The molecule has 0 amide bonds. The van der Waals surface area contributed by atoms with Gasteiger partial charge in [-0.25, -0.2) is 0 Å². The maximum absolute atomic E-state index is 2.59. The van der Waals surface area contributed by atoms with Crippen LogP contribution in [0.3, 0.4) is 0 Å². The number of fused-ring (bicyclic) bond motifs is 2. The summed E-state index contributed by atoms with van der Waals surface area (Å²) in [6, 6.07) is 0. The molecule has 72 valence electrons. The van der Waals surface area contributed by atoms with Gasteiger partial charge in [-0.2, -0.15) is 0 Å². The Morgan fingerprint density at radius 2 is 1.85 bits per heavy atom. The van der Waals surface area contributed by atoms with Crippen molar-refractivity contribution in [2.24, 2.45) is 17.3 Å². The van der Waals surface area contributed by atoms with Gasteiger partial charge in [0, 0.05) is 0 Å². The Bertz CT molecular complexity index is 222. The molecule has 3 rings (SSSR count). The van der Waals surface area contributed by atoms with Crippen molar-refractivity contribution >= 4 is 0 Å². The number of hydrogen-bond donors (Lipinski definition) is 0. The fourth-order valence-corrected chi connectivity index (χ4v) is 3.97. The summed E-state index contributed by atoms with van der Waals surface area (Å²) in [7, 11) is 0. The predicted octanol–water partition coefficient (Wildman–Crippen LogP) is 3.92. The molecule has 0 saturated heterocycles. The molecule has 0 aromatic rings. The van der Waals surface area contributed by atoms with Crippen molar-refractivity contribution in [1.29, 1.82) is 0 Å². The van der Waals surface area contributed by atoms with Crippen LogP contribution in [0.2, 0.25) is 0 Å². The van der Waals surface area contributed by atoms with Crippen LogP contribution in [0.1, 0.15) is 51.4 Å². The standard InChI is InChI=1S/C13H20/c1-2-4-12(5-3-1)13-8-6-11(10-13)7-9-13/h6,8,11-12H,1-5,7,9-10H2. The summed E-state index contributed by atoms with van der Waals surface area (Å²) in [5, 5.41) is 0. The van der Waals surface area contributed by atoms with Crippen molar-refractivity contribution < 1.29 is 0 Å². The quantitative estimate of drug-likeness (QED) is 0.531. The zero-order valence-electron chi connectivity index (χ0n) is 8.47. The summed E-state index contributed by atoms with van der Waals surface area (Å²) in [6.07, 6.45) is 17.2. The summed E-state index contributed by atoms with van der Waals surface area (Å²) in [6.45, 7) is 0. The highest BCUT2D eigenvalue weighted by molar-refractivity contribution is 5.17. The van der Waals surface area contributed by atoms with Gasteiger partial charge in [-0.1, -0.05) is 31.4 Å². The van der Waals surface area contributed by atoms with Crippen LogP contribution in [0.4, 0.5) is 0 Å². The van der Waals surface area contributed by atoms with E-state index in [1.165, 1.54) is 51.4 Å². The Balaban J connectivity index is 1.79. The molecule has 0 aromatic carbocycles. The van der Waals surface area contributed by atoms with E-state index in [-0.39, 0.29) is 0 Å². The molecule has 0 aromatic heterocycles. The van der Waals surface area contributed by atoms with Gasteiger partial charge < -0.3 is 0 Å². The van der Waals surface area contributed by atoms with E-state index in [0.29, 0.717) is 5.41 Å². The normalized spacial score (nSPS) is 44.5. The number of rotatable bonds is 1. The minimum Gasteiger partial charge on any atom is -0.0848 e. The van der Waals surface area contributed by atoms with E-state index in [1.807, 2.05) is 0 Å². The van der Waals surface area contributed by atoms with Gasteiger partial charge in [-0.05, 0) is 49.4 Å². The molecule has 0 heteroatoms. The van der Waals surface area contributed by atoms with Gasteiger partial charge in [0.1, 0.15) is 0 Å². The molecule has 2 atom stereocenters. The first kappa shape index (κ1) is 8.08. The third kappa shape index (κ3) is 1.18. The molecular formula is C13H20. The molecule has 0 radical (unpaired) electrons. The summed E-state index contributed by atoms with van der Waals surface area (Å²) in [4.78, 5) is 0. The third-order valence-corrected chi connectivity index (χ3v) is 4.74. The van der Waals surface area contributed by atoms with Crippen LogP contribution in [0.15, 0.2) is 12.2 Å². The van der Waals surface area contributed by atoms with E-state index in [1.54, 1.807) is 0 Å². The maximum atomic E-state index is 2.59. The molecule has 2 unspecified atom stereocenters. The van der Waals surface area contributed by atoms with Crippen LogP contribution in [0.25, 0.3) is 0 Å². The second kappa shape index (κ2) is 2.87.